The molecule has 0 unspecified atom stereocenters. The van der Waals surface area contributed by atoms with Crippen molar-refractivity contribution in [1.82, 2.24) is 15.5 Å². The number of hydrogen-bond acceptors (Lipinski definition) is 3. The Labute approximate surface area is 145 Å². The zero-order valence-corrected chi connectivity index (χ0v) is 15.1. The fraction of sp³-hybridized carbons (Fsp3) is 0.632. The molecule has 1 aliphatic rings. The second kappa shape index (κ2) is 8.49. The molecule has 0 radical (unpaired) electrons. The molecule has 24 heavy (non-hydrogen) atoms. The summed E-state index contributed by atoms with van der Waals surface area (Å²) in [6.45, 7) is 6.02. The highest BCUT2D eigenvalue weighted by Crippen LogP contribution is 2.28. The van der Waals surface area contributed by atoms with Gasteiger partial charge in [-0.2, -0.15) is 0 Å². The Hall–Kier alpha value is -1.59. The molecule has 2 rings (SSSR count). The quantitative estimate of drug-likeness (QED) is 0.719. The standard InChI is InChI=1S/C19H31N3O2/c1-15(2)22(3)13-17-9-5-4-8-16(17)12-20-18(23)21-14-19(24)10-6-7-11-19/h4-5,8-9,15,24H,6-7,10-14H2,1-3H3,(H2,20,21,23). The zero-order valence-electron chi connectivity index (χ0n) is 15.1. The molecular formula is C19H31N3O2. The van der Waals surface area contributed by atoms with E-state index < -0.39 is 5.60 Å². The lowest BCUT2D eigenvalue weighted by atomic mass is 10.0. The van der Waals surface area contributed by atoms with Crippen molar-refractivity contribution >= 4 is 6.03 Å². The maximum absolute atomic E-state index is 12.0. The highest BCUT2D eigenvalue weighted by atomic mass is 16.3. The largest absolute Gasteiger partial charge is 0.388 e. The number of benzene rings is 1. The van der Waals surface area contributed by atoms with Gasteiger partial charge in [0.1, 0.15) is 0 Å². The molecule has 0 aromatic heterocycles. The summed E-state index contributed by atoms with van der Waals surface area (Å²) in [6, 6.07) is 8.44. The van der Waals surface area contributed by atoms with Crippen LogP contribution in [0.5, 0.6) is 0 Å². The maximum atomic E-state index is 12.0. The summed E-state index contributed by atoms with van der Waals surface area (Å²) in [5.74, 6) is 0. The van der Waals surface area contributed by atoms with Crippen molar-refractivity contribution in [3.63, 3.8) is 0 Å². The third kappa shape index (κ3) is 5.49. The highest BCUT2D eigenvalue weighted by molar-refractivity contribution is 5.73. The first-order chi connectivity index (χ1) is 11.4. The molecule has 1 aromatic carbocycles. The van der Waals surface area contributed by atoms with Gasteiger partial charge >= 0.3 is 6.03 Å². The van der Waals surface area contributed by atoms with Crippen molar-refractivity contribution in [2.24, 2.45) is 0 Å². The van der Waals surface area contributed by atoms with E-state index in [9.17, 15) is 9.90 Å². The normalized spacial score (nSPS) is 16.6. The molecule has 0 heterocycles. The van der Waals surface area contributed by atoms with Crippen LogP contribution in [-0.4, -0.2) is 41.3 Å². The van der Waals surface area contributed by atoms with Crippen molar-refractivity contribution in [3.05, 3.63) is 35.4 Å². The number of amides is 2. The summed E-state index contributed by atoms with van der Waals surface area (Å²) in [4.78, 5) is 14.3. The van der Waals surface area contributed by atoms with Crippen LogP contribution in [0.15, 0.2) is 24.3 Å². The second-order valence-electron chi connectivity index (χ2n) is 7.25. The van der Waals surface area contributed by atoms with Gasteiger partial charge in [0.25, 0.3) is 0 Å². The van der Waals surface area contributed by atoms with Gasteiger partial charge in [0, 0.05) is 25.7 Å². The van der Waals surface area contributed by atoms with Crippen LogP contribution in [-0.2, 0) is 13.1 Å². The molecule has 0 atom stereocenters. The molecule has 0 saturated heterocycles. The van der Waals surface area contributed by atoms with Crippen LogP contribution in [0, 0.1) is 0 Å². The molecule has 2 amide bonds. The van der Waals surface area contributed by atoms with Gasteiger partial charge in [-0.25, -0.2) is 4.79 Å². The van der Waals surface area contributed by atoms with Crippen molar-refractivity contribution in [2.75, 3.05) is 13.6 Å². The minimum atomic E-state index is -0.713. The van der Waals surface area contributed by atoms with E-state index in [1.54, 1.807) is 0 Å². The molecule has 5 heteroatoms. The van der Waals surface area contributed by atoms with Crippen molar-refractivity contribution in [2.45, 2.75) is 64.3 Å². The summed E-state index contributed by atoms with van der Waals surface area (Å²) < 4.78 is 0. The van der Waals surface area contributed by atoms with Crippen molar-refractivity contribution in [3.8, 4) is 0 Å². The van der Waals surface area contributed by atoms with E-state index in [1.807, 2.05) is 18.2 Å². The number of nitrogens with zero attached hydrogens (tertiary/aromatic N) is 1. The Morgan fingerprint density at radius 2 is 1.83 bits per heavy atom. The number of carbonyl (C=O) groups excluding carboxylic acids is 1. The van der Waals surface area contributed by atoms with E-state index in [0.29, 0.717) is 19.1 Å². The van der Waals surface area contributed by atoms with Gasteiger partial charge in [0.15, 0.2) is 0 Å². The Balaban J connectivity index is 1.84. The van der Waals surface area contributed by atoms with Gasteiger partial charge in [0.2, 0.25) is 0 Å². The summed E-state index contributed by atoms with van der Waals surface area (Å²) >= 11 is 0. The molecule has 1 aromatic rings. The number of urea groups is 1. The van der Waals surface area contributed by atoms with E-state index in [0.717, 1.165) is 37.8 Å². The third-order valence-electron chi connectivity index (χ3n) is 4.97. The molecule has 1 aliphatic carbocycles. The lowest BCUT2D eigenvalue weighted by Crippen LogP contribution is -2.44. The average molecular weight is 333 g/mol. The van der Waals surface area contributed by atoms with Crippen molar-refractivity contribution in [1.29, 1.82) is 0 Å². The van der Waals surface area contributed by atoms with E-state index in [1.165, 1.54) is 5.56 Å². The Morgan fingerprint density at radius 1 is 1.21 bits per heavy atom. The van der Waals surface area contributed by atoms with Crippen LogP contribution in [0.2, 0.25) is 0 Å². The fourth-order valence-electron chi connectivity index (χ4n) is 3.03. The molecule has 3 N–H and O–H groups in total. The third-order valence-corrected chi connectivity index (χ3v) is 4.97. The van der Waals surface area contributed by atoms with Crippen molar-refractivity contribution < 1.29 is 9.90 Å². The summed E-state index contributed by atoms with van der Waals surface area (Å²) in [7, 11) is 2.10. The minimum absolute atomic E-state index is 0.220. The maximum Gasteiger partial charge on any atom is 0.315 e. The van der Waals surface area contributed by atoms with Gasteiger partial charge in [-0.05, 0) is 44.9 Å². The minimum Gasteiger partial charge on any atom is -0.388 e. The first-order valence-electron chi connectivity index (χ1n) is 8.91. The predicted molar refractivity (Wildman–Crippen MR) is 96.7 cm³/mol. The van der Waals surface area contributed by atoms with Crippen LogP contribution in [0.3, 0.4) is 0 Å². The fourth-order valence-corrected chi connectivity index (χ4v) is 3.03. The molecule has 134 valence electrons. The Bertz CT molecular complexity index is 539. The second-order valence-corrected chi connectivity index (χ2v) is 7.25. The molecule has 0 aliphatic heterocycles. The lowest BCUT2D eigenvalue weighted by molar-refractivity contribution is 0.0501. The molecule has 1 saturated carbocycles. The van der Waals surface area contributed by atoms with E-state index >= 15 is 0 Å². The number of hydrogen-bond donors (Lipinski definition) is 3. The lowest BCUT2D eigenvalue weighted by Gasteiger charge is -2.23. The van der Waals surface area contributed by atoms with Gasteiger partial charge in [-0.1, -0.05) is 37.1 Å². The van der Waals surface area contributed by atoms with Crippen LogP contribution in [0.25, 0.3) is 0 Å². The highest BCUT2D eigenvalue weighted by Gasteiger charge is 2.31. The van der Waals surface area contributed by atoms with Gasteiger partial charge in [-0.15, -0.1) is 0 Å². The number of aliphatic hydroxyl groups is 1. The molecule has 5 nitrogen and oxygen atoms in total. The van der Waals surface area contributed by atoms with Gasteiger partial charge in [0.05, 0.1) is 5.60 Å². The predicted octanol–water partition coefficient (Wildman–Crippen LogP) is 2.63. The smallest absolute Gasteiger partial charge is 0.315 e. The summed E-state index contributed by atoms with van der Waals surface area (Å²) in [5, 5.41) is 16.0. The first kappa shape index (κ1) is 18.7. The number of nitrogens with one attached hydrogen (secondary N) is 2. The summed E-state index contributed by atoms with van der Waals surface area (Å²) in [6.07, 6.45) is 3.63. The van der Waals surface area contributed by atoms with Gasteiger partial charge < -0.3 is 15.7 Å². The Morgan fingerprint density at radius 3 is 2.46 bits per heavy atom. The van der Waals surface area contributed by atoms with E-state index in [-0.39, 0.29) is 6.03 Å². The van der Waals surface area contributed by atoms with Crippen LogP contribution in [0.4, 0.5) is 4.79 Å². The SMILES string of the molecule is CC(C)N(C)Cc1ccccc1CNC(=O)NCC1(O)CCCC1. The number of rotatable bonds is 7. The zero-order chi connectivity index (χ0) is 17.6. The number of carbonyl (C=O) groups is 1. The van der Waals surface area contributed by atoms with Crippen LogP contribution >= 0.6 is 0 Å². The molecule has 0 bridgehead atoms. The van der Waals surface area contributed by atoms with E-state index in [2.05, 4.69) is 42.5 Å². The van der Waals surface area contributed by atoms with Gasteiger partial charge in [-0.3, -0.25) is 4.90 Å². The van der Waals surface area contributed by atoms with E-state index in [4.69, 9.17) is 0 Å². The Kier molecular flexibility index (Phi) is 6.63. The monoisotopic (exact) mass is 333 g/mol. The van der Waals surface area contributed by atoms with Crippen LogP contribution < -0.4 is 10.6 Å². The topological polar surface area (TPSA) is 64.6 Å². The summed E-state index contributed by atoms with van der Waals surface area (Å²) in [5.41, 5.74) is 1.64. The first-order valence-corrected chi connectivity index (χ1v) is 8.91. The van der Waals surface area contributed by atoms with Crippen LogP contribution in [0.1, 0.15) is 50.7 Å². The molecule has 1 fully saturated rings. The average Bonchev–Trinajstić information content (AvgIpc) is 2.99. The molecule has 0 spiro atoms. The molecular weight excluding hydrogens is 302 g/mol.